The number of carbonyl (C=O) groups is 1. The van der Waals surface area contributed by atoms with Crippen LogP contribution < -0.4 is 40.0 Å². The van der Waals surface area contributed by atoms with Crippen molar-refractivity contribution in [1.29, 1.82) is 0 Å². The molecule has 0 unspecified atom stereocenters. The molecule has 122 valence electrons. The van der Waals surface area contributed by atoms with Gasteiger partial charge >= 0.3 is 29.6 Å². The van der Waals surface area contributed by atoms with E-state index in [9.17, 15) is 9.90 Å². The first-order chi connectivity index (χ1) is 11.5. The molecule has 0 aliphatic carbocycles. The van der Waals surface area contributed by atoms with Crippen LogP contribution in [0.15, 0.2) is 43.0 Å². The van der Waals surface area contributed by atoms with Crippen LogP contribution in [0, 0.1) is 0 Å². The minimum absolute atomic E-state index is 0. The van der Waals surface area contributed by atoms with Crippen molar-refractivity contribution in [2.45, 2.75) is 19.9 Å². The molecule has 9 heteroatoms. The second-order valence-corrected chi connectivity index (χ2v) is 5.45. The molecule has 0 aliphatic rings. The molecule has 3 rings (SSSR count). The molecule has 3 heterocycles. The number of hydrogen-bond acceptors (Lipinski definition) is 7. The summed E-state index contributed by atoms with van der Waals surface area (Å²) in [6.45, 7) is 3.84. The van der Waals surface area contributed by atoms with Gasteiger partial charge in [-0.1, -0.05) is 0 Å². The molecule has 8 nitrogen and oxygen atoms in total. The molecular weight excluding hydrogens is 331 g/mol. The number of anilines is 1. The topological polar surface area (TPSA) is 109 Å². The van der Waals surface area contributed by atoms with Gasteiger partial charge in [0.05, 0.1) is 24.1 Å². The van der Waals surface area contributed by atoms with Gasteiger partial charge in [-0.15, -0.1) is 0 Å². The van der Waals surface area contributed by atoms with Crippen LogP contribution in [0.3, 0.4) is 0 Å². The van der Waals surface area contributed by atoms with Crippen LogP contribution in [0.5, 0.6) is 0 Å². The summed E-state index contributed by atoms with van der Waals surface area (Å²) in [6, 6.07) is 5.32. The smallest absolute Gasteiger partial charge is 0.545 e. The summed E-state index contributed by atoms with van der Waals surface area (Å²) in [5.74, 6) is -0.780. The first kappa shape index (κ1) is 19.0. The maximum atomic E-state index is 11.2. The van der Waals surface area contributed by atoms with E-state index >= 15 is 0 Å². The second-order valence-electron chi connectivity index (χ2n) is 5.45. The molecule has 0 fully saturated rings. The monoisotopic (exact) mass is 346 g/mol. The zero-order valence-corrected chi connectivity index (χ0v) is 16.2. The van der Waals surface area contributed by atoms with Gasteiger partial charge in [0.2, 0.25) is 0 Å². The van der Waals surface area contributed by atoms with Crippen molar-refractivity contribution in [3.8, 4) is 17.1 Å². The SMILES string of the molecule is CC(C)Nc1cc(-n2ccc(-c3ccnnc3)n2)ncc1C(=O)[O-].[Na+]. The molecule has 0 saturated heterocycles. The van der Waals surface area contributed by atoms with Crippen molar-refractivity contribution in [3.05, 3.63) is 48.5 Å². The zero-order valence-electron chi connectivity index (χ0n) is 14.2. The molecule has 0 amide bonds. The van der Waals surface area contributed by atoms with E-state index in [-0.39, 0.29) is 41.2 Å². The summed E-state index contributed by atoms with van der Waals surface area (Å²) in [5, 5.41) is 26.3. The van der Waals surface area contributed by atoms with Gasteiger partial charge in [-0.25, -0.2) is 9.67 Å². The largest absolute Gasteiger partial charge is 1.00 e. The van der Waals surface area contributed by atoms with Crippen LogP contribution >= 0.6 is 0 Å². The molecule has 0 aromatic carbocycles. The number of rotatable bonds is 5. The third kappa shape index (κ3) is 4.41. The number of nitrogens with one attached hydrogen (secondary N) is 1. The maximum Gasteiger partial charge on any atom is 1.00 e. The number of nitrogens with zero attached hydrogens (tertiary/aromatic N) is 5. The van der Waals surface area contributed by atoms with E-state index in [0.29, 0.717) is 17.2 Å². The Morgan fingerprint density at radius 2 is 2.04 bits per heavy atom. The predicted molar refractivity (Wildman–Crippen MR) is 85.5 cm³/mol. The first-order valence-corrected chi connectivity index (χ1v) is 7.35. The van der Waals surface area contributed by atoms with E-state index in [0.717, 1.165) is 5.56 Å². The molecule has 25 heavy (non-hydrogen) atoms. The van der Waals surface area contributed by atoms with Gasteiger partial charge in [-0.05, 0) is 26.0 Å². The van der Waals surface area contributed by atoms with Crippen molar-refractivity contribution < 1.29 is 39.5 Å². The quantitative estimate of drug-likeness (QED) is 0.528. The van der Waals surface area contributed by atoms with Crippen LogP contribution in [-0.2, 0) is 0 Å². The van der Waals surface area contributed by atoms with Crippen molar-refractivity contribution in [3.63, 3.8) is 0 Å². The Morgan fingerprint density at radius 3 is 2.68 bits per heavy atom. The third-order valence-corrected chi connectivity index (χ3v) is 3.26. The number of carboxylic acid groups (broad SMARTS) is 1. The molecule has 3 aromatic rings. The number of pyridine rings is 1. The van der Waals surface area contributed by atoms with E-state index in [2.05, 4.69) is 25.6 Å². The summed E-state index contributed by atoms with van der Waals surface area (Å²) in [4.78, 5) is 15.4. The molecule has 0 bridgehead atoms. The van der Waals surface area contributed by atoms with Crippen LogP contribution in [0.4, 0.5) is 5.69 Å². The first-order valence-electron chi connectivity index (χ1n) is 7.35. The Labute approximate surface area is 166 Å². The van der Waals surface area contributed by atoms with Crippen molar-refractivity contribution in [2.24, 2.45) is 0 Å². The van der Waals surface area contributed by atoms with Gasteiger partial charge < -0.3 is 15.2 Å². The summed E-state index contributed by atoms with van der Waals surface area (Å²) >= 11 is 0. The normalized spacial score (nSPS) is 10.4. The minimum atomic E-state index is -1.28. The van der Waals surface area contributed by atoms with Crippen molar-refractivity contribution in [1.82, 2.24) is 25.0 Å². The zero-order chi connectivity index (χ0) is 17.1. The van der Waals surface area contributed by atoms with Gasteiger partial charge in [-0.2, -0.15) is 15.3 Å². The van der Waals surface area contributed by atoms with E-state index < -0.39 is 5.97 Å². The number of aromatic carboxylic acids is 1. The Kier molecular flexibility index (Phi) is 6.24. The summed E-state index contributed by atoms with van der Waals surface area (Å²) < 4.78 is 1.57. The molecule has 0 saturated carbocycles. The molecule has 0 spiro atoms. The summed E-state index contributed by atoms with van der Waals surface area (Å²) in [5.41, 5.74) is 2.00. The number of hydrogen-bond donors (Lipinski definition) is 1. The number of carbonyl (C=O) groups excluding carboxylic acids is 1. The number of aromatic nitrogens is 5. The molecular formula is C16H15N6NaO2. The Balaban J connectivity index is 0.00000225. The van der Waals surface area contributed by atoms with Gasteiger partial charge in [-0.3, -0.25) is 0 Å². The predicted octanol–water partition coefficient (Wildman–Crippen LogP) is -2.09. The molecule has 3 aromatic heterocycles. The van der Waals surface area contributed by atoms with Crippen molar-refractivity contribution >= 4 is 11.7 Å². The van der Waals surface area contributed by atoms with Crippen LogP contribution in [0.25, 0.3) is 17.1 Å². The molecule has 0 radical (unpaired) electrons. The third-order valence-electron chi connectivity index (χ3n) is 3.26. The Bertz CT molecular complexity index is 866. The molecule has 0 aliphatic heterocycles. The second kappa shape index (κ2) is 8.19. The average molecular weight is 346 g/mol. The summed E-state index contributed by atoms with van der Waals surface area (Å²) in [7, 11) is 0. The van der Waals surface area contributed by atoms with Gasteiger partial charge in [0.1, 0.15) is 0 Å². The summed E-state index contributed by atoms with van der Waals surface area (Å²) in [6.07, 6.45) is 6.22. The van der Waals surface area contributed by atoms with E-state index in [1.54, 1.807) is 35.4 Å². The van der Waals surface area contributed by atoms with Crippen molar-refractivity contribution in [2.75, 3.05) is 5.32 Å². The standard InChI is InChI=1S/C16H16N6O2.Na/c1-10(2)20-14-7-15(17-9-12(14)16(23)24)22-6-4-13(21-22)11-3-5-18-19-8-11;/h3-10H,1-2H3,(H,17,20)(H,23,24);/q;+1/p-1. The van der Waals surface area contributed by atoms with E-state index in [1.807, 2.05) is 19.9 Å². The van der Waals surface area contributed by atoms with Crippen LogP contribution in [0.2, 0.25) is 0 Å². The fourth-order valence-electron chi connectivity index (χ4n) is 2.21. The fourth-order valence-corrected chi connectivity index (χ4v) is 2.21. The Hall–Kier alpha value is -2.29. The van der Waals surface area contributed by atoms with Gasteiger partial charge in [0.15, 0.2) is 5.82 Å². The van der Waals surface area contributed by atoms with E-state index in [1.165, 1.54) is 6.20 Å². The van der Waals surface area contributed by atoms with Crippen LogP contribution in [0.1, 0.15) is 24.2 Å². The van der Waals surface area contributed by atoms with Gasteiger partial charge in [0.25, 0.3) is 0 Å². The minimum Gasteiger partial charge on any atom is -0.545 e. The molecule has 1 N–H and O–H groups in total. The average Bonchev–Trinajstić information content (AvgIpc) is 3.05. The number of carboxylic acids is 1. The van der Waals surface area contributed by atoms with Crippen LogP contribution in [-0.4, -0.2) is 37.0 Å². The van der Waals surface area contributed by atoms with E-state index in [4.69, 9.17) is 0 Å². The Morgan fingerprint density at radius 1 is 1.24 bits per heavy atom. The van der Waals surface area contributed by atoms with Gasteiger partial charge in [0, 0.05) is 41.3 Å². The maximum absolute atomic E-state index is 11.2. The molecule has 0 atom stereocenters. The fraction of sp³-hybridized carbons (Fsp3) is 0.188.